The fraction of sp³-hybridized carbons (Fsp3) is 0.333. The Kier molecular flexibility index (Phi) is 4.90. The average molecular weight is 273 g/mol. The molecule has 0 unspecified atom stereocenters. The summed E-state index contributed by atoms with van der Waals surface area (Å²) in [4.78, 5) is 8.48. The van der Waals surface area contributed by atoms with Crippen molar-refractivity contribution >= 4 is 5.95 Å². The zero-order valence-electron chi connectivity index (χ0n) is 12.0. The lowest BCUT2D eigenvalue weighted by Gasteiger charge is -2.08. The molecule has 0 amide bonds. The van der Waals surface area contributed by atoms with E-state index in [0.29, 0.717) is 11.8 Å². The molecule has 5 nitrogen and oxygen atoms in total. The number of rotatable bonds is 6. The number of benzene rings is 1. The fourth-order valence-corrected chi connectivity index (χ4v) is 1.77. The molecule has 1 N–H and O–H groups in total. The Bertz CT molecular complexity index is 556. The number of aryl methyl sites for hydroxylation is 1. The number of nitrogens with one attached hydrogen (secondary N) is 1. The highest BCUT2D eigenvalue weighted by Gasteiger charge is 2.03. The van der Waals surface area contributed by atoms with Crippen LogP contribution in [0.3, 0.4) is 0 Å². The summed E-state index contributed by atoms with van der Waals surface area (Å²) in [7, 11) is 3.48. The van der Waals surface area contributed by atoms with Crippen molar-refractivity contribution in [3.05, 3.63) is 41.6 Å². The molecule has 0 bridgehead atoms. The lowest BCUT2D eigenvalue weighted by atomic mass is 10.1. The normalized spacial score (nSPS) is 10.3. The SMILES string of the molecule is CNc1nc(C)cc(Oc2ccc(CCOC)cc2)n1. The highest BCUT2D eigenvalue weighted by atomic mass is 16.5. The molecule has 0 fully saturated rings. The van der Waals surface area contributed by atoms with Crippen LogP contribution < -0.4 is 10.1 Å². The summed E-state index contributed by atoms with van der Waals surface area (Å²) in [5, 5.41) is 2.91. The summed E-state index contributed by atoms with van der Waals surface area (Å²) in [5.41, 5.74) is 2.07. The minimum Gasteiger partial charge on any atom is -0.439 e. The van der Waals surface area contributed by atoms with E-state index in [4.69, 9.17) is 9.47 Å². The standard InChI is InChI=1S/C15H19N3O2/c1-11-10-14(18-15(16-2)17-11)20-13-6-4-12(5-7-13)8-9-19-3/h4-7,10H,8-9H2,1-3H3,(H,16,17,18). The Morgan fingerprint density at radius 3 is 2.55 bits per heavy atom. The van der Waals surface area contributed by atoms with Crippen LogP contribution in [0.25, 0.3) is 0 Å². The molecule has 106 valence electrons. The van der Waals surface area contributed by atoms with Gasteiger partial charge in [0.25, 0.3) is 0 Å². The molecule has 1 heterocycles. The van der Waals surface area contributed by atoms with Crippen LogP contribution in [0.4, 0.5) is 5.95 Å². The first-order valence-electron chi connectivity index (χ1n) is 6.50. The van der Waals surface area contributed by atoms with E-state index in [2.05, 4.69) is 15.3 Å². The number of methoxy groups -OCH3 is 1. The third kappa shape index (κ3) is 3.93. The van der Waals surface area contributed by atoms with Crippen molar-refractivity contribution in [1.82, 2.24) is 9.97 Å². The van der Waals surface area contributed by atoms with Crippen molar-refractivity contribution < 1.29 is 9.47 Å². The first-order valence-corrected chi connectivity index (χ1v) is 6.50. The molecule has 0 aliphatic rings. The molecule has 0 spiro atoms. The monoisotopic (exact) mass is 273 g/mol. The smallest absolute Gasteiger partial charge is 0.225 e. The molecular weight excluding hydrogens is 254 g/mol. The molecule has 0 aliphatic carbocycles. The largest absolute Gasteiger partial charge is 0.439 e. The summed E-state index contributed by atoms with van der Waals surface area (Å²) in [6.07, 6.45) is 0.896. The minimum atomic E-state index is 0.534. The average Bonchev–Trinajstić information content (AvgIpc) is 2.46. The van der Waals surface area contributed by atoms with Gasteiger partial charge in [0.15, 0.2) is 0 Å². The van der Waals surface area contributed by atoms with Crippen molar-refractivity contribution in [2.24, 2.45) is 0 Å². The molecular formula is C15H19N3O2. The lowest BCUT2D eigenvalue weighted by Crippen LogP contribution is -1.99. The fourth-order valence-electron chi connectivity index (χ4n) is 1.77. The van der Waals surface area contributed by atoms with Gasteiger partial charge in [-0.1, -0.05) is 12.1 Å². The molecule has 0 radical (unpaired) electrons. The minimum absolute atomic E-state index is 0.534. The lowest BCUT2D eigenvalue weighted by molar-refractivity contribution is 0.202. The predicted octanol–water partition coefficient (Wildman–Crippen LogP) is 2.81. The van der Waals surface area contributed by atoms with Gasteiger partial charge in [-0.05, 0) is 31.0 Å². The van der Waals surface area contributed by atoms with Crippen molar-refractivity contribution in [3.63, 3.8) is 0 Å². The summed E-state index contributed by atoms with van der Waals surface area (Å²) in [6.45, 7) is 2.63. The van der Waals surface area contributed by atoms with Gasteiger partial charge in [-0.2, -0.15) is 4.98 Å². The molecule has 1 aromatic heterocycles. The number of nitrogens with zero attached hydrogens (tertiary/aromatic N) is 2. The molecule has 2 aromatic rings. The van der Waals surface area contributed by atoms with E-state index < -0.39 is 0 Å². The third-order valence-corrected chi connectivity index (χ3v) is 2.79. The topological polar surface area (TPSA) is 56.3 Å². The van der Waals surface area contributed by atoms with E-state index in [9.17, 15) is 0 Å². The van der Waals surface area contributed by atoms with Crippen LogP contribution >= 0.6 is 0 Å². The number of aromatic nitrogens is 2. The Morgan fingerprint density at radius 2 is 1.90 bits per heavy atom. The van der Waals surface area contributed by atoms with Crippen LogP contribution in [-0.4, -0.2) is 30.7 Å². The second-order valence-corrected chi connectivity index (χ2v) is 4.41. The molecule has 0 saturated heterocycles. The van der Waals surface area contributed by atoms with E-state index in [1.165, 1.54) is 5.56 Å². The molecule has 5 heteroatoms. The van der Waals surface area contributed by atoms with Gasteiger partial charge in [0.1, 0.15) is 5.75 Å². The van der Waals surface area contributed by atoms with Gasteiger partial charge in [0.2, 0.25) is 11.8 Å². The van der Waals surface area contributed by atoms with Gasteiger partial charge >= 0.3 is 0 Å². The second kappa shape index (κ2) is 6.86. The van der Waals surface area contributed by atoms with Gasteiger partial charge in [-0.3, -0.25) is 0 Å². The van der Waals surface area contributed by atoms with Crippen LogP contribution in [0.15, 0.2) is 30.3 Å². The Labute approximate surface area is 119 Å². The molecule has 0 saturated carbocycles. The first kappa shape index (κ1) is 14.3. The predicted molar refractivity (Wildman–Crippen MR) is 78.4 cm³/mol. The van der Waals surface area contributed by atoms with Gasteiger partial charge in [-0.15, -0.1) is 0 Å². The van der Waals surface area contributed by atoms with E-state index in [1.807, 2.05) is 31.2 Å². The maximum Gasteiger partial charge on any atom is 0.225 e. The van der Waals surface area contributed by atoms with E-state index in [0.717, 1.165) is 24.5 Å². The number of ether oxygens (including phenoxy) is 2. The van der Waals surface area contributed by atoms with E-state index in [1.54, 1.807) is 20.2 Å². The van der Waals surface area contributed by atoms with Crippen LogP contribution in [0.1, 0.15) is 11.3 Å². The van der Waals surface area contributed by atoms with Crippen LogP contribution in [0, 0.1) is 6.92 Å². The van der Waals surface area contributed by atoms with E-state index in [-0.39, 0.29) is 0 Å². The maximum atomic E-state index is 5.74. The second-order valence-electron chi connectivity index (χ2n) is 4.41. The quantitative estimate of drug-likeness (QED) is 0.877. The van der Waals surface area contributed by atoms with Gasteiger partial charge in [-0.25, -0.2) is 4.98 Å². The van der Waals surface area contributed by atoms with Crippen LogP contribution in [0.2, 0.25) is 0 Å². The first-order chi connectivity index (χ1) is 9.71. The van der Waals surface area contributed by atoms with Crippen molar-refractivity contribution in [3.8, 4) is 11.6 Å². The zero-order chi connectivity index (χ0) is 14.4. The Hall–Kier alpha value is -2.14. The summed E-state index contributed by atoms with van der Waals surface area (Å²) >= 11 is 0. The number of hydrogen-bond acceptors (Lipinski definition) is 5. The number of hydrogen-bond donors (Lipinski definition) is 1. The molecule has 2 rings (SSSR count). The summed E-state index contributed by atoms with van der Waals surface area (Å²) in [5.74, 6) is 1.84. The van der Waals surface area contributed by atoms with Crippen LogP contribution in [0.5, 0.6) is 11.6 Å². The Morgan fingerprint density at radius 1 is 1.15 bits per heavy atom. The zero-order valence-corrected chi connectivity index (χ0v) is 12.0. The van der Waals surface area contributed by atoms with Gasteiger partial charge < -0.3 is 14.8 Å². The molecule has 1 aromatic carbocycles. The van der Waals surface area contributed by atoms with Gasteiger partial charge in [0.05, 0.1) is 6.61 Å². The molecule has 0 atom stereocenters. The molecule has 20 heavy (non-hydrogen) atoms. The molecule has 0 aliphatic heterocycles. The van der Waals surface area contributed by atoms with Crippen molar-refractivity contribution in [1.29, 1.82) is 0 Å². The van der Waals surface area contributed by atoms with Gasteiger partial charge in [0, 0.05) is 25.9 Å². The van der Waals surface area contributed by atoms with Crippen molar-refractivity contribution in [2.45, 2.75) is 13.3 Å². The van der Waals surface area contributed by atoms with Crippen molar-refractivity contribution in [2.75, 3.05) is 26.1 Å². The summed E-state index contributed by atoms with van der Waals surface area (Å²) in [6, 6.07) is 9.73. The number of anilines is 1. The highest BCUT2D eigenvalue weighted by Crippen LogP contribution is 2.21. The third-order valence-electron chi connectivity index (χ3n) is 2.79. The summed E-state index contributed by atoms with van der Waals surface area (Å²) < 4.78 is 10.8. The highest BCUT2D eigenvalue weighted by molar-refractivity contribution is 5.34. The van der Waals surface area contributed by atoms with Crippen LogP contribution in [-0.2, 0) is 11.2 Å². The Balaban J connectivity index is 2.07. The van der Waals surface area contributed by atoms with E-state index >= 15 is 0 Å². The maximum absolute atomic E-state index is 5.74.